The average Bonchev–Trinajstić information content (AvgIpc) is 1.78. The molecule has 0 atom stereocenters. The molecule has 0 rings (SSSR count). The molecule has 14 heavy (non-hydrogen) atoms. The maximum atomic E-state index is 3.88. The molecular weight excluding hydrogens is 204 g/mol. The SMILES string of the molecule is CC(C)CNC[Si](C)(C)N[Si](C)(C)C. The standard InChI is InChI=1S/C10H28N2Si2/c1-10(2)8-11-9-14(6,7)12-13(3,4)5/h10-12H,8-9H2,1-7H3. The van der Waals surface area contributed by atoms with E-state index in [4.69, 9.17) is 0 Å². The van der Waals surface area contributed by atoms with Crippen LogP contribution in [0.25, 0.3) is 0 Å². The molecule has 0 fully saturated rings. The number of hydrogen-bond donors (Lipinski definition) is 2. The predicted molar refractivity (Wildman–Crippen MR) is 71.7 cm³/mol. The van der Waals surface area contributed by atoms with E-state index in [1.165, 1.54) is 6.17 Å². The predicted octanol–water partition coefficient (Wildman–Crippen LogP) is 2.40. The van der Waals surface area contributed by atoms with Crippen LogP contribution in [0.2, 0.25) is 32.7 Å². The van der Waals surface area contributed by atoms with Crippen molar-refractivity contribution in [1.82, 2.24) is 9.96 Å². The molecule has 0 aliphatic heterocycles. The third-order valence-electron chi connectivity index (χ3n) is 1.83. The van der Waals surface area contributed by atoms with Crippen molar-refractivity contribution < 1.29 is 0 Å². The molecular formula is C10H28N2Si2. The first kappa shape index (κ1) is 14.4. The summed E-state index contributed by atoms with van der Waals surface area (Å²) in [6.07, 6.45) is 1.19. The Labute approximate surface area is 92.0 Å². The van der Waals surface area contributed by atoms with Crippen LogP contribution in [0, 0.1) is 5.92 Å². The molecule has 2 nitrogen and oxygen atoms in total. The topological polar surface area (TPSA) is 24.1 Å². The minimum absolute atomic E-state index is 0.756. The van der Waals surface area contributed by atoms with E-state index in [9.17, 15) is 0 Å². The van der Waals surface area contributed by atoms with Gasteiger partial charge in [0.15, 0.2) is 0 Å². The van der Waals surface area contributed by atoms with Gasteiger partial charge in [0.25, 0.3) is 0 Å². The van der Waals surface area contributed by atoms with Gasteiger partial charge in [-0.2, -0.15) is 0 Å². The highest BCUT2D eigenvalue weighted by Crippen LogP contribution is 2.03. The van der Waals surface area contributed by atoms with E-state index in [1.807, 2.05) is 0 Å². The lowest BCUT2D eigenvalue weighted by molar-refractivity contribution is 0.581. The van der Waals surface area contributed by atoms with Crippen LogP contribution < -0.4 is 9.96 Å². The van der Waals surface area contributed by atoms with Gasteiger partial charge in [0.1, 0.15) is 16.5 Å². The molecule has 2 N–H and O–H groups in total. The highest BCUT2D eigenvalue weighted by Gasteiger charge is 2.26. The van der Waals surface area contributed by atoms with Crippen molar-refractivity contribution in [2.75, 3.05) is 12.7 Å². The van der Waals surface area contributed by atoms with E-state index in [0.717, 1.165) is 12.5 Å². The summed E-state index contributed by atoms with van der Waals surface area (Å²) in [5, 5.41) is 3.57. The van der Waals surface area contributed by atoms with Crippen molar-refractivity contribution in [2.45, 2.75) is 46.6 Å². The van der Waals surface area contributed by atoms with Crippen molar-refractivity contribution in [1.29, 1.82) is 0 Å². The molecule has 0 bridgehead atoms. The number of nitrogens with one attached hydrogen (secondary N) is 2. The lowest BCUT2D eigenvalue weighted by Gasteiger charge is -2.32. The summed E-state index contributed by atoms with van der Waals surface area (Å²) in [4.78, 5) is 0. The molecule has 86 valence electrons. The fourth-order valence-corrected chi connectivity index (χ4v) is 11.0. The quantitative estimate of drug-likeness (QED) is 0.687. The second kappa shape index (κ2) is 5.44. The Balaban J connectivity index is 3.84. The van der Waals surface area contributed by atoms with Crippen LogP contribution in [0.4, 0.5) is 0 Å². The van der Waals surface area contributed by atoms with Gasteiger partial charge in [-0.3, -0.25) is 0 Å². The third-order valence-corrected chi connectivity index (χ3v) is 8.67. The highest BCUT2D eigenvalue weighted by molar-refractivity contribution is 6.90. The smallest absolute Gasteiger partial charge is 0.126 e. The zero-order valence-electron chi connectivity index (χ0n) is 11.0. The summed E-state index contributed by atoms with van der Waals surface area (Å²) in [7, 11) is -2.30. The second-order valence-corrected chi connectivity index (χ2v) is 15.9. The van der Waals surface area contributed by atoms with Gasteiger partial charge in [-0.25, -0.2) is 0 Å². The molecule has 0 unspecified atom stereocenters. The van der Waals surface area contributed by atoms with E-state index in [2.05, 4.69) is 56.5 Å². The van der Waals surface area contributed by atoms with Crippen molar-refractivity contribution in [2.24, 2.45) is 5.92 Å². The van der Waals surface area contributed by atoms with Crippen LogP contribution in [-0.2, 0) is 0 Å². The first-order chi connectivity index (χ1) is 6.12. The Kier molecular flexibility index (Phi) is 5.58. The first-order valence-corrected chi connectivity index (χ1v) is 12.3. The van der Waals surface area contributed by atoms with Crippen LogP contribution in [0.3, 0.4) is 0 Å². The van der Waals surface area contributed by atoms with Gasteiger partial charge < -0.3 is 9.96 Å². The normalized spacial score (nSPS) is 13.7. The number of rotatable bonds is 6. The molecule has 0 saturated carbocycles. The van der Waals surface area contributed by atoms with E-state index in [1.54, 1.807) is 0 Å². The number of hydrogen-bond acceptors (Lipinski definition) is 2. The van der Waals surface area contributed by atoms with Gasteiger partial charge in [0.2, 0.25) is 0 Å². The zero-order valence-corrected chi connectivity index (χ0v) is 13.0. The van der Waals surface area contributed by atoms with Crippen molar-refractivity contribution in [3.05, 3.63) is 0 Å². The summed E-state index contributed by atoms with van der Waals surface area (Å²) < 4.78 is 3.88. The van der Waals surface area contributed by atoms with Gasteiger partial charge in [-0.15, -0.1) is 0 Å². The summed E-state index contributed by atoms with van der Waals surface area (Å²) >= 11 is 0. The minimum Gasteiger partial charge on any atom is -0.359 e. The molecule has 0 heterocycles. The summed E-state index contributed by atoms with van der Waals surface area (Å²) in [5.41, 5.74) is 0. The molecule has 4 heteroatoms. The van der Waals surface area contributed by atoms with E-state index in [0.29, 0.717) is 0 Å². The van der Waals surface area contributed by atoms with Crippen molar-refractivity contribution in [3.8, 4) is 0 Å². The molecule has 0 aromatic carbocycles. The average molecular weight is 233 g/mol. The van der Waals surface area contributed by atoms with Crippen LogP contribution in [0.5, 0.6) is 0 Å². The van der Waals surface area contributed by atoms with Gasteiger partial charge in [0, 0.05) is 6.17 Å². The summed E-state index contributed by atoms with van der Waals surface area (Å²) in [5.74, 6) is 0.756. The van der Waals surface area contributed by atoms with Gasteiger partial charge >= 0.3 is 0 Å². The first-order valence-electron chi connectivity index (χ1n) is 5.62. The molecule has 0 saturated heterocycles. The zero-order chi connectivity index (χ0) is 11.4. The Hall–Kier alpha value is 0.354. The van der Waals surface area contributed by atoms with E-state index < -0.39 is 16.5 Å². The summed E-state index contributed by atoms with van der Waals surface area (Å²) in [6.45, 7) is 17.6. The fraction of sp³-hybridized carbons (Fsp3) is 1.00. The molecule has 0 spiro atoms. The lowest BCUT2D eigenvalue weighted by Crippen LogP contribution is -2.62. The second-order valence-electron chi connectivity index (χ2n) is 6.28. The molecule has 0 radical (unpaired) electrons. The van der Waals surface area contributed by atoms with Gasteiger partial charge in [-0.05, 0) is 12.5 Å². The molecule has 0 amide bonds. The Morgan fingerprint density at radius 3 is 1.86 bits per heavy atom. The molecule has 0 aromatic rings. The van der Waals surface area contributed by atoms with Crippen LogP contribution in [0.1, 0.15) is 13.8 Å². The Morgan fingerprint density at radius 2 is 1.50 bits per heavy atom. The fourth-order valence-electron chi connectivity index (χ4n) is 1.73. The largest absolute Gasteiger partial charge is 0.359 e. The van der Waals surface area contributed by atoms with E-state index in [-0.39, 0.29) is 0 Å². The van der Waals surface area contributed by atoms with Gasteiger partial charge in [0.05, 0.1) is 0 Å². The minimum atomic E-state index is -1.20. The van der Waals surface area contributed by atoms with Crippen molar-refractivity contribution in [3.63, 3.8) is 0 Å². The molecule has 0 aromatic heterocycles. The monoisotopic (exact) mass is 232 g/mol. The maximum absolute atomic E-state index is 3.88. The Morgan fingerprint density at radius 1 is 1.00 bits per heavy atom. The van der Waals surface area contributed by atoms with Crippen molar-refractivity contribution >= 4 is 16.5 Å². The molecule has 0 aliphatic rings. The van der Waals surface area contributed by atoms with Crippen LogP contribution >= 0.6 is 0 Å². The Bertz CT molecular complexity index is 162. The van der Waals surface area contributed by atoms with Crippen LogP contribution in [0.15, 0.2) is 0 Å². The highest BCUT2D eigenvalue weighted by atomic mass is 28.4. The lowest BCUT2D eigenvalue weighted by atomic mass is 10.2. The van der Waals surface area contributed by atoms with Gasteiger partial charge in [-0.1, -0.05) is 46.6 Å². The van der Waals surface area contributed by atoms with Crippen LogP contribution in [-0.4, -0.2) is 29.2 Å². The van der Waals surface area contributed by atoms with E-state index >= 15 is 0 Å². The summed E-state index contributed by atoms with van der Waals surface area (Å²) in [6, 6.07) is 0. The third kappa shape index (κ3) is 8.93. The maximum Gasteiger partial charge on any atom is 0.126 e. The molecule has 0 aliphatic carbocycles.